The molecule has 2 aromatic rings. The van der Waals surface area contributed by atoms with E-state index in [1.807, 2.05) is 18.2 Å². The molecule has 112 valence electrons. The first-order chi connectivity index (χ1) is 10.0. The summed E-state index contributed by atoms with van der Waals surface area (Å²) in [5, 5.41) is 4.74. The van der Waals surface area contributed by atoms with Gasteiger partial charge in [0, 0.05) is 4.47 Å². The zero-order chi connectivity index (χ0) is 15.4. The molecule has 0 aliphatic rings. The number of hydrogen-bond acceptors (Lipinski definition) is 1. The molecule has 21 heavy (non-hydrogen) atoms. The van der Waals surface area contributed by atoms with Crippen LogP contribution in [0.3, 0.4) is 0 Å². The highest BCUT2D eigenvalue weighted by molar-refractivity contribution is 9.10. The van der Waals surface area contributed by atoms with Gasteiger partial charge in [0.25, 0.3) is 0 Å². The minimum atomic E-state index is 0.108. The van der Waals surface area contributed by atoms with E-state index in [9.17, 15) is 0 Å². The van der Waals surface area contributed by atoms with Crippen LogP contribution in [0.4, 0.5) is 0 Å². The molecule has 4 heteroatoms. The molecule has 0 amide bonds. The maximum Gasteiger partial charge on any atom is 0.0595 e. The van der Waals surface area contributed by atoms with Crippen LogP contribution in [0, 0.1) is 6.92 Å². The molecule has 0 saturated carbocycles. The number of nitrogens with one attached hydrogen (secondary N) is 1. The average Bonchev–Trinajstić information content (AvgIpc) is 2.46. The summed E-state index contributed by atoms with van der Waals surface area (Å²) in [5.74, 6) is 0. The zero-order valence-corrected chi connectivity index (χ0v) is 15.2. The van der Waals surface area contributed by atoms with Crippen molar-refractivity contribution in [3.8, 4) is 0 Å². The molecular formula is C17H18BrCl2N. The number of rotatable bonds is 5. The summed E-state index contributed by atoms with van der Waals surface area (Å²) in [6.07, 6.45) is 1.07. The highest BCUT2D eigenvalue weighted by atomic mass is 79.9. The van der Waals surface area contributed by atoms with Gasteiger partial charge in [0.15, 0.2) is 0 Å². The lowest BCUT2D eigenvalue weighted by Gasteiger charge is -2.21. The molecule has 0 fully saturated rings. The van der Waals surface area contributed by atoms with E-state index in [2.05, 4.69) is 53.3 Å². The van der Waals surface area contributed by atoms with Crippen molar-refractivity contribution in [3.63, 3.8) is 0 Å². The molecule has 0 aromatic heterocycles. The molecule has 2 rings (SSSR count). The van der Waals surface area contributed by atoms with Crippen LogP contribution >= 0.6 is 39.1 Å². The molecule has 1 N–H and O–H groups in total. The summed E-state index contributed by atoms with van der Waals surface area (Å²) >= 11 is 15.8. The van der Waals surface area contributed by atoms with Crippen LogP contribution < -0.4 is 5.32 Å². The van der Waals surface area contributed by atoms with E-state index in [1.165, 1.54) is 11.1 Å². The first kappa shape index (κ1) is 16.8. The Morgan fingerprint density at radius 3 is 2.33 bits per heavy atom. The Morgan fingerprint density at radius 1 is 1.05 bits per heavy atom. The molecule has 2 aromatic carbocycles. The van der Waals surface area contributed by atoms with E-state index in [0.29, 0.717) is 10.0 Å². The summed E-state index contributed by atoms with van der Waals surface area (Å²) in [6.45, 7) is 5.18. The van der Waals surface area contributed by atoms with E-state index >= 15 is 0 Å². The topological polar surface area (TPSA) is 12.0 Å². The predicted octanol–water partition coefficient (Wildman–Crippen LogP) is 6.15. The highest BCUT2D eigenvalue weighted by Crippen LogP contribution is 2.30. The van der Waals surface area contributed by atoms with Crippen LogP contribution in [0.2, 0.25) is 10.0 Å². The van der Waals surface area contributed by atoms with Crippen molar-refractivity contribution in [3.05, 3.63) is 67.6 Å². The third-order valence-corrected chi connectivity index (χ3v) is 5.00. The van der Waals surface area contributed by atoms with E-state index in [4.69, 9.17) is 23.2 Å². The maximum atomic E-state index is 6.17. The summed E-state index contributed by atoms with van der Waals surface area (Å²) in [6, 6.07) is 12.3. The molecule has 0 saturated heterocycles. The van der Waals surface area contributed by atoms with Gasteiger partial charge >= 0.3 is 0 Å². The van der Waals surface area contributed by atoms with Crippen molar-refractivity contribution in [2.75, 3.05) is 6.54 Å². The van der Waals surface area contributed by atoms with E-state index < -0.39 is 0 Å². The van der Waals surface area contributed by atoms with Crippen molar-refractivity contribution in [1.82, 2.24) is 5.32 Å². The molecule has 1 atom stereocenters. The van der Waals surface area contributed by atoms with Crippen molar-refractivity contribution < 1.29 is 0 Å². The first-order valence-electron chi connectivity index (χ1n) is 6.97. The van der Waals surface area contributed by atoms with Gasteiger partial charge < -0.3 is 5.32 Å². The zero-order valence-electron chi connectivity index (χ0n) is 12.1. The lowest BCUT2D eigenvalue weighted by Crippen LogP contribution is -2.23. The third kappa shape index (κ3) is 4.23. The van der Waals surface area contributed by atoms with Gasteiger partial charge in [-0.05, 0) is 54.8 Å². The van der Waals surface area contributed by atoms with Crippen LogP contribution in [0.5, 0.6) is 0 Å². The van der Waals surface area contributed by atoms with Crippen molar-refractivity contribution in [1.29, 1.82) is 0 Å². The first-order valence-corrected chi connectivity index (χ1v) is 8.52. The Hall–Kier alpha value is -0.540. The summed E-state index contributed by atoms with van der Waals surface area (Å²) < 4.78 is 1.11. The van der Waals surface area contributed by atoms with Crippen LogP contribution in [-0.2, 0) is 0 Å². The fourth-order valence-electron chi connectivity index (χ4n) is 2.20. The Kier molecular flexibility index (Phi) is 6.12. The Morgan fingerprint density at radius 2 is 1.71 bits per heavy atom. The van der Waals surface area contributed by atoms with Gasteiger partial charge in [-0.2, -0.15) is 0 Å². The summed E-state index contributed by atoms with van der Waals surface area (Å²) in [5.41, 5.74) is 3.55. The van der Waals surface area contributed by atoms with Gasteiger partial charge in [-0.25, -0.2) is 0 Å². The van der Waals surface area contributed by atoms with E-state index in [0.717, 1.165) is 23.0 Å². The standard InChI is InChI=1S/C17H18BrCl2N/c1-3-8-21-17(12-5-4-11(2)14(18)9-12)13-6-7-15(19)16(20)10-13/h4-7,9-10,17,21H,3,8H2,1-2H3. The van der Waals surface area contributed by atoms with Crippen molar-refractivity contribution in [2.24, 2.45) is 0 Å². The number of hydrogen-bond donors (Lipinski definition) is 1. The lowest BCUT2D eigenvalue weighted by molar-refractivity contribution is 0.598. The minimum absolute atomic E-state index is 0.108. The van der Waals surface area contributed by atoms with Crippen molar-refractivity contribution >= 4 is 39.1 Å². The molecule has 0 heterocycles. The van der Waals surface area contributed by atoms with Gasteiger partial charge in [-0.3, -0.25) is 0 Å². The SMILES string of the molecule is CCCNC(c1ccc(Cl)c(Cl)c1)c1ccc(C)c(Br)c1. The number of halogens is 3. The van der Waals surface area contributed by atoms with Crippen LogP contribution in [-0.4, -0.2) is 6.54 Å². The average molecular weight is 387 g/mol. The second-order valence-corrected chi connectivity index (χ2v) is 6.74. The van der Waals surface area contributed by atoms with Crippen LogP contribution in [0.1, 0.15) is 36.1 Å². The van der Waals surface area contributed by atoms with Crippen LogP contribution in [0.25, 0.3) is 0 Å². The molecular weight excluding hydrogens is 369 g/mol. The minimum Gasteiger partial charge on any atom is -0.306 e. The maximum absolute atomic E-state index is 6.17. The Labute approximate surface area is 144 Å². The van der Waals surface area contributed by atoms with Gasteiger partial charge in [0.05, 0.1) is 16.1 Å². The van der Waals surface area contributed by atoms with Gasteiger partial charge in [0.2, 0.25) is 0 Å². The largest absolute Gasteiger partial charge is 0.306 e. The van der Waals surface area contributed by atoms with E-state index in [-0.39, 0.29) is 6.04 Å². The normalized spacial score (nSPS) is 12.4. The number of benzene rings is 2. The molecule has 0 radical (unpaired) electrons. The molecule has 1 unspecified atom stereocenters. The Balaban J connectivity index is 2.41. The lowest BCUT2D eigenvalue weighted by atomic mass is 9.97. The predicted molar refractivity (Wildman–Crippen MR) is 95.5 cm³/mol. The molecule has 1 nitrogen and oxygen atoms in total. The van der Waals surface area contributed by atoms with Gasteiger partial charge in [-0.15, -0.1) is 0 Å². The molecule has 0 aliphatic carbocycles. The van der Waals surface area contributed by atoms with Gasteiger partial charge in [0.1, 0.15) is 0 Å². The Bertz CT molecular complexity index is 577. The monoisotopic (exact) mass is 385 g/mol. The highest BCUT2D eigenvalue weighted by Gasteiger charge is 2.15. The second kappa shape index (κ2) is 7.64. The summed E-state index contributed by atoms with van der Waals surface area (Å²) in [7, 11) is 0. The smallest absolute Gasteiger partial charge is 0.0595 e. The molecule has 0 bridgehead atoms. The second-order valence-electron chi connectivity index (χ2n) is 5.07. The number of aryl methyl sites for hydroxylation is 1. The van der Waals surface area contributed by atoms with Crippen LogP contribution in [0.15, 0.2) is 40.9 Å². The molecule has 0 aliphatic heterocycles. The molecule has 0 spiro atoms. The van der Waals surface area contributed by atoms with E-state index in [1.54, 1.807) is 0 Å². The summed E-state index contributed by atoms with van der Waals surface area (Å²) in [4.78, 5) is 0. The third-order valence-electron chi connectivity index (χ3n) is 3.40. The quantitative estimate of drug-likeness (QED) is 0.649. The fraction of sp³-hybridized carbons (Fsp3) is 0.294. The van der Waals surface area contributed by atoms with Gasteiger partial charge in [-0.1, -0.05) is 64.3 Å². The van der Waals surface area contributed by atoms with Crippen molar-refractivity contribution in [2.45, 2.75) is 26.3 Å². The fourth-order valence-corrected chi connectivity index (χ4v) is 2.90.